The fraction of sp³-hybridized carbons (Fsp3) is 0.846. The number of likely N-dealkylation sites (tertiary alicyclic amines) is 1. The maximum atomic E-state index is 12.4. The van der Waals surface area contributed by atoms with Crippen molar-refractivity contribution >= 4 is 11.8 Å². The molecule has 2 rings (SSSR count). The minimum Gasteiger partial charge on any atom is -0.352 e. The van der Waals surface area contributed by atoms with E-state index in [-0.39, 0.29) is 23.8 Å². The van der Waals surface area contributed by atoms with E-state index in [1.165, 1.54) is 6.92 Å². The number of piperidine rings is 1. The molecule has 5 nitrogen and oxygen atoms in total. The van der Waals surface area contributed by atoms with Crippen molar-refractivity contribution in [3.63, 3.8) is 0 Å². The summed E-state index contributed by atoms with van der Waals surface area (Å²) in [6, 6.07) is 0.139. The van der Waals surface area contributed by atoms with Crippen LogP contribution in [0, 0.1) is 11.8 Å². The van der Waals surface area contributed by atoms with Crippen LogP contribution in [0.4, 0.5) is 0 Å². The van der Waals surface area contributed by atoms with Crippen LogP contribution in [0.25, 0.3) is 0 Å². The van der Waals surface area contributed by atoms with Crippen LogP contribution in [0.3, 0.4) is 0 Å². The smallest absolute Gasteiger partial charge is 0.227 e. The summed E-state index contributed by atoms with van der Waals surface area (Å²) in [5.74, 6) is 0.926. The van der Waals surface area contributed by atoms with Gasteiger partial charge in [-0.25, -0.2) is 0 Å². The normalized spacial score (nSPS) is 32.3. The lowest BCUT2D eigenvalue weighted by Crippen LogP contribution is -2.45. The SMILES string of the molecule is CC(=O)NC1CCN(C(=O)C2CNCC(C)C2)C1. The average Bonchev–Trinajstić information content (AvgIpc) is 2.75. The Morgan fingerprint density at radius 2 is 2.11 bits per heavy atom. The first-order valence-corrected chi connectivity index (χ1v) is 6.83. The average molecular weight is 253 g/mol. The summed E-state index contributed by atoms with van der Waals surface area (Å²) in [5, 5.41) is 6.20. The third kappa shape index (κ3) is 3.22. The minimum atomic E-state index is -0.0118. The first kappa shape index (κ1) is 13.3. The maximum Gasteiger partial charge on any atom is 0.227 e. The molecule has 0 radical (unpaired) electrons. The molecular weight excluding hydrogens is 230 g/mol. The van der Waals surface area contributed by atoms with Crippen molar-refractivity contribution in [2.45, 2.75) is 32.7 Å². The number of nitrogens with zero attached hydrogens (tertiary/aromatic N) is 1. The second kappa shape index (κ2) is 5.69. The van der Waals surface area contributed by atoms with Gasteiger partial charge in [0.2, 0.25) is 11.8 Å². The molecule has 2 amide bonds. The van der Waals surface area contributed by atoms with Crippen molar-refractivity contribution in [1.82, 2.24) is 15.5 Å². The van der Waals surface area contributed by atoms with Crippen molar-refractivity contribution in [2.75, 3.05) is 26.2 Å². The Morgan fingerprint density at radius 3 is 2.78 bits per heavy atom. The Labute approximate surface area is 108 Å². The monoisotopic (exact) mass is 253 g/mol. The highest BCUT2D eigenvalue weighted by Crippen LogP contribution is 2.20. The molecule has 2 N–H and O–H groups in total. The highest BCUT2D eigenvalue weighted by Gasteiger charge is 2.33. The molecule has 3 unspecified atom stereocenters. The summed E-state index contributed by atoms with van der Waals surface area (Å²) in [4.78, 5) is 25.3. The van der Waals surface area contributed by atoms with Crippen LogP contribution in [-0.2, 0) is 9.59 Å². The van der Waals surface area contributed by atoms with E-state index in [1.807, 2.05) is 4.90 Å². The van der Waals surface area contributed by atoms with Crippen LogP contribution < -0.4 is 10.6 Å². The standard InChI is InChI=1S/C13H23N3O2/c1-9-5-11(7-14-6-9)13(18)16-4-3-12(8-16)15-10(2)17/h9,11-12,14H,3-8H2,1-2H3,(H,15,17). The van der Waals surface area contributed by atoms with E-state index in [4.69, 9.17) is 0 Å². The number of rotatable bonds is 2. The van der Waals surface area contributed by atoms with Crippen LogP contribution >= 0.6 is 0 Å². The second-order valence-electron chi connectivity index (χ2n) is 5.67. The summed E-state index contributed by atoms with van der Waals surface area (Å²) in [5.41, 5.74) is 0. The molecule has 2 saturated heterocycles. The molecule has 18 heavy (non-hydrogen) atoms. The van der Waals surface area contributed by atoms with Crippen LogP contribution in [0.1, 0.15) is 26.7 Å². The van der Waals surface area contributed by atoms with Gasteiger partial charge in [0.05, 0.1) is 5.92 Å². The van der Waals surface area contributed by atoms with E-state index in [2.05, 4.69) is 17.6 Å². The summed E-state index contributed by atoms with van der Waals surface area (Å²) in [6.07, 6.45) is 1.86. The van der Waals surface area contributed by atoms with Crippen LogP contribution in [-0.4, -0.2) is 48.9 Å². The molecule has 0 aromatic rings. The van der Waals surface area contributed by atoms with Gasteiger partial charge in [0.25, 0.3) is 0 Å². The highest BCUT2D eigenvalue weighted by atomic mass is 16.2. The first-order chi connectivity index (χ1) is 8.56. The van der Waals surface area contributed by atoms with Gasteiger partial charge in [-0.15, -0.1) is 0 Å². The molecule has 5 heteroatoms. The maximum absolute atomic E-state index is 12.4. The molecule has 3 atom stereocenters. The number of hydrogen-bond acceptors (Lipinski definition) is 3. The topological polar surface area (TPSA) is 61.4 Å². The lowest BCUT2D eigenvalue weighted by molar-refractivity contribution is -0.135. The molecule has 102 valence electrons. The summed E-state index contributed by atoms with van der Waals surface area (Å²) in [7, 11) is 0. The first-order valence-electron chi connectivity index (χ1n) is 6.83. The Morgan fingerprint density at radius 1 is 1.33 bits per heavy atom. The Kier molecular flexibility index (Phi) is 4.22. The van der Waals surface area contributed by atoms with Gasteiger partial charge in [0.15, 0.2) is 0 Å². The van der Waals surface area contributed by atoms with E-state index in [1.54, 1.807) is 0 Å². The molecule has 0 aromatic carbocycles. The van der Waals surface area contributed by atoms with Gasteiger partial charge < -0.3 is 15.5 Å². The van der Waals surface area contributed by atoms with Crippen LogP contribution in [0.15, 0.2) is 0 Å². The third-order valence-electron chi connectivity index (χ3n) is 3.83. The van der Waals surface area contributed by atoms with E-state index < -0.39 is 0 Å². The number of hydrogen-bond donors (Lipinski definition) is 2. The lowest BCUT2D eigenvalue weighted by Gasteiger charge is -2.30. The zero-order chi connectivity index (χ0) is 13.1. The van der Waals surface area contributed by atoms with Gasteiger partial charge in [-0.05, 0) is 25.3 Å². The largest absolute Gasteiger partial charge is 0.352 e. The second-order valence-corrected chi connectivity index (χ2v) is 5.67. The molecule has 0 spiro atoms. The fourth-order valence-electron chi connectivity index (χ4n) is 2.97. The molecule has 0 aromatic heterocycles. The zero-order valence-corrected chi connectivity index (χ0v) is 11.2. The third-order valence-corrected chi connectivity index (χ3v) is 3.83. The number of carbonyl (C=O) groups excluding carboxylic acids is 2. The zero-order valence-electron chi connectivity index (χ0n) is 11.2. The van der Waals surface area contributed by atoms with Crippen molar-refractivity contribution < 1.29 is 9.59 Å². The van der Waals surface area contributed by atoms with Gasteiger partial charge in [-0.1, -0.05) is 6.92 Å². The molecule has 2 fully saturated rings. The molecule has 0 aliphatic carbocycles. The van der Waals surface area contributed by atoms with Crippen molar-refractivity contribution in [1.29, 1.82) is 0 Å². The van der Waals surface area contributed by atoms with Crippen LogP contribution in [0.2, 0.25) is 0 Å². The molecule has 2 heterocycles. The number of carbonyl (C=O) groups is 2. The predicted octanol–water partition coefficient (Wildman–Crippen LogP) is -0.0310. The van der Waals surface area contributed by atoms with E-state index in [0.29, 0.717) is 12.5 Å². The Hall–Kier alpha value is -1.10. The van der Waals surface area contributed by atoms with Gasteiger partial charge >= 0.3 is 0 Å². The van der Waals surface area contributed by atoms with Gasteiger partial charge in [-0.3, -0.25) is 9.59 Å². The van der Waals surface area contributed by atoms with Gasteiger partial charge in [0.1, 0.15) is 0 Å². The molecule has 2 aliphatic heterocycles. The number of nitrogens with one attached hydrogen (secondary N) is 2. The molecule has 0 bridgehead atoms. The van der Waals surface area contributed by atoms with Crippen molar-refractivity contribution in [2.24, 2.45) is 11.8 Å². The summed E-state index contributed by atoms with van der Waals surface area (Å²) < 4.78 is 0. The fourth-order valence-corrected chi connectivity index (χ4v) is 2.97. The highest BCUT2D eigenvalue weighted by molar-refractivity contribution is 5.80. The van der Waals surface area contributed by atoms with Crippen LogP contribution in [0.5, 0.6) is 0 Å². The van der Waals surface area contributed by atoms with E-state index in [9.17, 15) is 9.59 Å². The summed E-state index contributed by atoms with van der Waals surface area (Å²) >= 11 is 0. The minimum absolute atomic E-state index is 0.0118. The van der Waals surface area contributed by atoms with Crippen molar-refractivity contribution in [3.8, 4) is 0 Å². The lowest BCUT2D eigenvalue weighted by atomic mass is 9.91. The summed E-state index contributed by atoms with van der Waals surface area (Å²) in [6.45, 7) is 6.95. The van der Waals surface area contributed by atoms with Gasteiger partial charge in [-0.2, -0.15) is 0 Å². The predicted molar refractivity (Wildman–Crippen MR) is 68.9 cm³/mol. The Bertz CT molecular complexity index is 332. The van der Waals surface area contributed by atoms with Gasteiger partial charge in [0, 0.05) is 32.6 Å². The van der Waals surface area contributed by atoms with E-state index >= 15 is 0 Å². The molecular formula is C13H23N3O2. The van der Waals surface area contributed by atoms with E-state index in [0.717, 1.165) is 32.5 Å². The molecule has 0 saturated carbocycles. The molecule has 2 aliphatic rings. The number of amides is 2. The quantitative estimate of drug-likeness (QED) is 0.726. The van der Waals surface area contributed by atoms with Crippen molar-refractivity contribution in [3.05, 3.63) is 0 Å². The Balaban J connectivity index is 1.85.